The number of hydrogen-bond donors (Lipinski definition) is 1. The lowest BCUT2D eigenvalue weighted by molar-refractivity contribution is 1.13. The lowest BCUT2D eigenvalue weighted by atomic mass is 10.0. The van der Waals surface area contributed by atoms with E-state index in [4.69, 9.17) is 5.73 Å². The van der Waals surface area contributed by atoms with E-state index in [0.29, 0.717) is 5.13 Å². The molecule has 0 unspecified atom stereocenters. The molecule has 0 spiro atoms. The number of nitrogens with zero attached hydrogens (tertiary/aromatic N) is 1. The average Bonchev–Trinajstić information content (AvgIpc) is 2.53. The average molecular weight is 297 g/mol. The molecule has 0 amide bonds. The SMILES string of the molecule is Cc1nc(N)sc1Cc1cccc(Br)c1C. The summed E-state index contributed by atoms with van der Waals surface area (Å²) in [6.45, 7) is 4.13. The maximum absolute atomic E-state index is 5.70. The molecule has 0 saturated heterocycles. The highest BCUT2D eigenvalue weighted by atomic mass is 79.9. The Balaban J connectivity index is 2.34. The molecule has 0 atom stereocenters. The van der Waals surface area contributed by atoms with Gasteiger partial charge in [0.15, 0.2) is 5.13 Å². The molecule has 2 rings (SSSR count). The normalized spacial score (nSPS) is 10.7. The lowest BCUT2D eigenvalue weighted by Crippen LogP contribution is -1.92. The molecule has 0 fully saturated rings. The van der Waals surface area contributed by atoms with Crippen molar-refractivity contribution >= 4 is 32.4 Å². The third-order valence-electron chi connectivity index (χ3n) is 2.64. The minimum atomic E-state index is 0.653. The molecule has 0 aliphatic carbocycles. The van der Waals surface area contributed by atoms with Crippen LogP contribution < -0.4 is 5.73 Å². The molecule has 2 nitrogen and oxygen atoms in total. The van der Waals surface area contributed by atoms with Gasteiger partial charge in [-0.15, -0.1) is 11.3 Å². The number of anilines is 1. The van der Waals surface area contributed by atoms with Crippen LogP contribution in [0.4, 0.5) is 5.13 Å². The van der Waals surface area contributed by atoms with Crippen LogP contribution in [0.1, 0.15) is 21.7 Å². The third-order valence-corrected chi connectivity index (χ3v) is 4.49. The minimum Gasteiger partial charge on any atom is -0.375 e. The predicted molar refractivity (Wildman–Crippen MR) is 72.9 cm³/mol. The number of nitrogens with two attached hydrogens (primary N) is 1. The van der Waals surface area contributed by atoms with Crippen LogP contribution >= 0.6 is 27.3 Å². The van der Waals surface area contributed by atoms with Crippen molar-refractivity contribution < 1.29 is 0 Å². The van der Waals surface area contributed by atoms with Gasteiger partial charge in [0.2, 0.25) is 0 Å². The minimum absolute atomic E-state index is 0.653. The van der Waals surface area contributed by atoms with Crippen molar-refractivity contribution in [1.82, 2.24) is 4.98 Å². The Morgan fingerprint density at radius 3 is 2.75 bits per heavy atom. The topological polar surface area (TPSA) is 38.9 Å². The summed E-state index contributed by atoms with van der Waals surface area (Å²) in [5.74, 6) is 0. The first-order valence-corrected chi connectivity index (χ1v) is 6.64. The van der Waals surface area contributed by atoms with E-state index in [2.05, 4.69) is 46.0 Å². The fourth-order valence-electron chi connectivity index (χ4n) is 1.63. The van der Waals surface area contributed by atoms with E-state index in [1.807, 2.05) is 6.92 Å². The second-order valence-electron chi connectivity index (χ2n) is 3.76. The summed E-state index contributed by atoms with van der Waals surface area (Å²) in [7, 11) is 0. The second-order valence-corrected chi connectivity index (χ2v) is 5.73. The van der Waals surface area contributed by atoms with Gasteiger partial charge >= 0.3 is 0 Å². The van der Waals surface area contributed by atoms with Crippen LogP contribution in [0, 0.1) is 13.8 Å². The Kier molecular flexibility index (Phi) is 3.30. The molecule has 2 aromatic rings. The van der Waals surface area contributed by atoms with Crippen LogP contribution in [0.5, 0.6) is 0 Å². The highest BCUT2D eigenvalue weighted by Gasteiger charge is 2.08. The van der Waals surface area contributed by atoms with E-state index < -0.39 is 0 Å². The molecular formula is C12H13BrN2S. The molecule has 1 aromatic heterocycles. The molecular weight excluding hydrogens is 284 g/mol. The summed E-state index contributed by atoms with van der Waals surface area (Å²) < 4.78 is 1.15. The maximum Gasteiger partial charge on any atom is 0.180 e. The van der Waals surface area contributed by atoms with Crippen molar-refractivity contribution in [2.45, 2.75) is 20.3 Å². The fourth-order valence-corrected chi connectivity index (χ4v) is 2.89. The van der Waals surface area contributed by atoms with Crippen LogP contribution in [-0.4, -0.2) is 4.98 Å². The van der Waals surface area contributed by atoms with Crippen molar-refractivity contribution in [2.75, 3.05) is 5.73 Å². The summed E-state index contributed by atoms with van der Waals surface area (Å²) in [4.78, 5) is 5.49. The van der Waals surface area contributed by atoms with Gasteiger partial charge in [0.25, 0.3) is 0 Å². The second kappa shape index (κ2) is 4.55. The van der Waals surface area contributed by atoms with E-state index in [-0.39, 0.29) is 0 Å². The first-order chi connectivity index (χ1) is 7.58. The molecule has 4 heteroatoms. The first kappa shape index (κ1) is 11.6. The van der Waals surface area contributed by atoms with Gasteiger partial charge in [-0.3, -0.25) is 0 Å². The van der Waals surface area contributed by atoms with Crippen molar-refractivity contribution in [2.24, 2.45) is 0 Å². The zero-order valence-corrected chi connectivity index (χ0v) is 11.7. The van der Waals surface area contributed by atoms with Gasteiger partial charge in [0.1, 0.15) is 0 Å². The van der Waals surface area contributed by atoms with Crippen molar-refractivity contribution in [3.8, 4) is 0 Å². The number of rotatable bonds is 2. The quantitative estimate of drug-likeness (QED) is 0.918. The largest absolute Gasteiger partial charge is 0.375 e. The van der Waals surface area contributed by atoms with Gasteiger partial charge in [-0.1, -0.05) is 28.1 Å². The zero-order valence-electron chi connectivity index (χ0n) is 9.25. The number of nitrogen functional groups attached to an aromatic ring is 1. The van der Waals surface area contributed by atoms with E-state index >= 15 is 0 Å². The number of thiazole rings is 1. The molecule has 1 heterocycles. The van der Waals surface area contributed by atoms with Crippen molar-refractivity contribution in [3.63, 3.8) is 0 Å². The molecule has 2 N–H and O–H groups in total. The maximum atomic E-state index is 5.70. The smallest absolute Gasteiger partial charge is 0.180 e. The highest BCUT2D eigenvalue weighted by Crippen LogP contribution is 2.26. The molecule has 0 bridgehead atoms. The van der Waals surface area contributed by atoms with Gasteiger partial charge < -0.3 is 5.73 Å². The van der Waals surface area contributed by atoms with E-state index in [0.717, 1.165) is 16.6 Å². The van der Waals surface area contributed by atoms with Crippen LogP contribution in [0.25, 0.3) is 0 Å². The molecule has 0 saturated carbocycles. The van der Waals surface area contributed by atoms with Crippen molar-refractivity contribution in [3.05, 3.63) is 44.4 Å². The first-order valence-electron chi connectivity index (χ1n) is 5.03. The molecule has 0 radical (unpaired) electrons. The molecule has 16 heavy (non-hydrogen) atoms. The van der Waals surface area contributed by atoms with Gasteiger partial charge in [-0.05, 0) is 31.0 Å². The lowest BCUT2D eigenvalue weighted by Gasteiger charge is -2.06. The van der Waals surface area contributed by atoms with Gasteiger partial charge in [-0.2, -0.15) is 0 Å². The summed E-state index contributed by atoms with van der Waals surface area (Å²) in [6.07, 6.45) is 0.909. The molecule has 0 aliphatic heterocycles. The number of aromatic nitrogens is 1. The van der Waals surface area contributed by atoms with Crippen LogP contribution in [0.15, 0.2) is 22.7 Å². The molecule has 0 aliphatic rings. The summed E-state index contributed by atoms with van der Waals surface area (Å²) in [5.41, 5.74) is 9.35. The van der Waals surface area contributed by atoms with Gasteiger partial charge in [0.05, 0.1) is 5.69 Å². The van der Waals surface area contributed by atoms with Gasteiger partial charge in [0, 0.05) is 15.8 Å². The van der Waals surface area contributed by atoms with Crippen LogP contribution in [0.2, 0.25) is 0 Å². The Morgan fingerprint density at radius 1 is 1.38 bits per heavy atom. The van der Waals surface area contributed by atoms with E-state index in [9.17, 15) is 0 Å². The summed E-state index contributed by atoms with van der Waals surface area (Å²) in [6, 6.07) is 6.27. The molecule has 84 valence electrons. The summed E-state index contributed by atoms with van der Waals surface area (Å²) >= 11 is 5.12. The van der Waals surface area contributed by atoms with E-state index in [1.54, 1.807) is 11.3 Å². The Morgan fingerprint density at radius 2 is 2.12 bits per heavy atom. The third kappa shape index (κ3) is 2.28. The zero-order chi connectivity index (χ0) is 11.7. The van der Waals surface area contributed by atoms with Crippen LogP contribution in [0.3, 0.4) is 0 Å². The highest BCUT2D eigenvalue weighted by molar-refractivity contribution is 9.10. The number of halogens is 1. The monoisotopic (exact) mass is 296 g/mol. The van der Waals surface area contributed by atoms with Gasteiger partial charge in [-0.25, -0.2) is 4.98 Å². The number of aryl methyl sites for hydroxylation is 1. The Labute approximate surface area is 108 Å². The van der Waals surface area contributed by atoms with Crippen molar-refractivity contribution in [1.29, 1.82) is 0 Å². The van der Waals surface area contributed by atoms with Crippen LogP contribution in [-0.2, 0) is 6.42 Å². The Bertz CT molecular complexity index is 520. The fraction of sp³-hybridized carbons (Fsp3) is 0.250. The number of benzene rings is 1. The molecule has 1 aromatic carbocycles. The Hall–Kier alpha value is -0.870. The standard InChI is InChI=1S/C12H13BrN2S/c1-7-9(4-3-5-10(7)13)6-11-8(2)15-12(14)16-11/h3-5H,6H2,1-2H3,(H2,14,15). The number of hydrogen-bond acceptors (Lipinski definition) is 3. The van der Waals surface area contributed by atoms with E-state index in [1.165, 1.54) is 16.0 Å². The predicted octanol–water partition coefficient (Wildman–Crippen LogP) is 3.70. The summed E-state index contributed by atoms with van der Waals surface area (Å²) in [5, 5.41) is 0.653.